The lowest BCUT2D eigenvalue weighted by Gasteiger charge is -2.18. The number of halogens is 1. The Morgan fingerprint density at radius 2 is 1.89 bits per heavy atom. The summed E-state index contributed by atoms with van der Waals surface area (Å²) in [6, 6.07) is 15.4. The van der Waals surface area contributed by atoms with Crippen molar-refractivity contribution in [2.45, 2.75) is 20.3 Å². The Labute approximate surface area is 167 Å². The van der Waals surface area contributed by atoms with Gasteiger partial charge >= 0.3 is 5.97 Å². The van der Waals surface area contributed by atoms with Crippen LogP contribution >= 0.6 is 15.9 Å². The quantitative estimate of drug-likeness (QED) is 0.517. The normalized spacial score (nSPS) is 15.6. The van der Waals surface area contributed by atoms with Crippen LogP contribution in [0.2, 0.25) is 0 Å². The third-order valence-electron chi connectivity index (χ3n) is 4.55. The third kappa shape index (κ3) is 3.74. The molecule has 1 aliphatic heterocycles. The molecule has 0 aliphatic carbocycles. The summed E-state index contributed by atoms with van der Waals surface area (Å²) < 4.78 is 5.79. The summed E-state index contributed by atoms with van der Waals surface area (Å²) in [6.07, 6.45) is 2.69. The van der Waals surface area contributed by atoms with Crippen molar-refractivity contribution in [3.8, 4) is 0 Å². The van der Waals surface area contributed by atoms with E-state index in [1.54, 1.807) is 17.9 Å². The molecule has 0 aromatic heterocycles. The maximum atomic E-state index is 13.2. The van der Waals surface area contributed by atoms with Gasteiger partial charge in [0.1, 0.15) is 0 Å². The minimum atomic E-state index is -0.519. The molecule has 0 saturated carbocycles. The van der Waals surface area contributed by atoms with E-state index in [-0.39, 0.29) is 5.91 Å². The summed E-state index contributed by atoms with van der Waals surface area (Å²) in [5.74, 6) is -0.764. The van der Waals surface area contributed by atoms with Crippen molar-refractivity contribution >= 4 is 39.6 Å². The Bertz CT molecular complexity index is 958. The minimum absolute atomic E-state index is 0.245. The van der Waals surface area contributed by atoms with E-state index in [1.807, 2.05) is 48.5 Å². The molecule has 0 N–H and O–H groups in total. The van der Waals surface area contributed by atoms with E-state index >= 15 is 0 Å². The number of benzene rings is 2. The van der Waals surface area contributed by atoms with Gasteiger partial charge in [0, 0.05) is 10.2 Å². The SMILES string of the molecule is CCc1ccc(/C=C2\C(=O)N(c3cccc(Br)c3)C(C)=C2C(=O)OC)cc1. The number of allylic oxidation sites excluding steroid dienone is 1. The molecule has 0 spiro atoms. The van der Waals surface area contributed by atoms with E-state index < -0.39 is 5.97 Å². The third-order valence-corrected chi connectivity index (χ3v) is 5.05. The summed E-state index contributed by atoms with van der Waals surface area (Å²) in [4.78, 5) is 27.1. The van der Waals surface area contributed by atoms with Crippen LogP contribution in [-0.2, 0) is 20.7 Å². The van der Waals surface area contributed by atoms with Gasteiger partial charge in [-0.05, 0) is 48.7 Å². The Balaban J connectivity index is 2.10. The number of rotatable bonds is 4. The highest BCUT2D eigenvalue weighted by Crippen LogP contribution is 2.36. The predicted octanol–water partition coefficient (Wildman–Crippen LogP) is 4.89. The van der Waals surface area contributed by atoms with E-state index in [0.717, 1.165) is 16.5 Å². The number of carbonyl (C=O) groups excluding carboxylic acids is 2. The molecule has 4 nitrogen and oxygen atoms in total. The van der Waals surface area contributed by atoms with Gasteiger partial charge in [0.05, 0.1) is 23.9 Å². The maximum absolute atomic E-state index is 13.2. The van der Waals surface area contributed by atoms with E-state index in [4.69, 9.17) is 4.74 Å². The van der Waals surface area contributed by atoms with Gasteiger partial charge in [-0.2, -0.15) is 0 Å². The van der Waals surface area contributed by atoms with Gasteiger partial charge < -0.3 is 4.74 Å². The summed E-state index contributed by atoms with van der Waals surface area (Å²) in [6.45, 7) is 3.84. The Morgan fingerprint density at radius 1 is 1.19 bits per heavy atom. The zero-order valence-electron chi connectivity index (χ0n) is 15.5. The van der Waals surface area contributed by atoms with Gasteiger partial charge in [0.25, 0.3) is 5.91 Å². The van der Waals surface area contributed by atoms with Crippen LogP contribution in [0.5, 0.6) is 0 Å². The molecular weight excluding hydrogens is 406 g/mol. The number of hydrogen-bond acceptors (Lipinski definition) is 3. The van der Waals surface area contributed by atoms with Crippen LogP contribution in [0.3, 0.4) is 0 Å². The molecule has 2 aromatic rings. The van der Waals surface area contributed by atoms with Crippen LogP contribution in [0, 0.1) is 0 Å². The second kappa shape index (κ2) is 7.92. The zero-order valence-corrected chi connectivity index (χ0v) is 17.0. The van der Waals surface area contributed by atoms with Gasteiger partial charge in [-0.25, -0.2) is 4.79 Å². The smallest absolute Gasteiger partial charge is 0.340 e. The lowest BCUT2D eigenvalue weighted by Crippen LogP contribution is -2.24. The number of esters is 1. The number of amides is 1. The molecule has 0 saturated heterocycles. The molecule has 1 amide bonds. The van der Waals surface area contributed by atoms with Gasteiger partial charge in [-0.15, -0.1) is 0 Å². The second-order valence-electron chi connectivity index (χ2n) is 6.23. The number of anilines is 1. The van der Waals surface area contributed by atoms with Crippen LogP contribution in [0.4, 0.5) is 5.69 Å². The fourth-order valence-corrected chi connectivity index (χ4v) is 3.51. The number of aryl methyl sites for hydroxylation is 1. The van der Waals surface area contributed by atoms with Crippen LogP contribution in [0.1, 0.15) is 25.0 Å². The first-order valence-corrected chi connectivity index (χ1v) is 9.45. The van der Waals surface area contributed by atoms with E-state index in [9.17, 15) is 9.59 Å². The number of methoxy groups -OCH3 is 1. The average molecular weight is 426 g/mol. The number of carbonyl (C=O) groups is 2. The summed E-state index contributed by atoms with van der Waals surface area (Å²) in [5, 5.41) is 0. The van der Waals surface area contributed by atoms with E-state index in [2.05, 4.69) is 22.9 Å². The van der Waals surface area contributed by atoms with Crippen LogP contribution < -0.4 is 4.90 Å². The summed E-state index contributed by atoms with van der Waals surface area (Å²) in [5.41, 5.74) is 3.96. The molecule has 0 radical (unpaired) electrons. The van der Waals surface area contributed by atoms with Gasteiger partial charge in [0.15, 0.2) is 0 Å². The average Bonchev–Trinajstić information content (AvgIpc) is 2.91. The highest BCUT2D eigenvalue weighted by Gasteiger charge is 2.37. The van der Waals surface area contributed by atoms with Crippen LogP contribution in [-0.4, -0.2) is 19.0 Å². The summed E-state index contributed by atoms with van der Waals surface area (Å²) in [7, 11) is 1.32. The number of ether oxygens (including phenoxy) is 1. The molecule has 0 atom stereocenters. The summed E-state index contributed by atoms with van der Waals surface area (Å²) >= 11 is 3.43. The van der Waals surface area contributed by atoms with Crippen molar-refractivity contribution in [2.24, 2.45) is 0 Å². The fraction of sp³-hybridized carbons (Fsp3) is 0.182. The predicted molar refractivity (Wildman–Crippen MR) is 110 cm³/mol. The molecule has 3 rings (SSSR count). The van der Waals surface area contributed by atoms with Crippen LogP contribution in [0.25, 0.3) is 6.08 Å². The van der Waals surface area contributed by atoms with E-state index in [1.165, 1.54) is 12.7 Å². The minimum Gasteiger partial charge on any atom is -0.465 e. The largest absolute Gasteiger partial charge is 0.465 e. The topological polar surface area (TPSA) is 46.6 Å². The van der Waals surface area contributed by atoms with E-state index in [0.29, 0.717) is 22.5 Å². The van der Waals surface area contributed by atoms with Gasteiger partial charge in [-0.3, -0.25) is 9.69 Å². The lowest BCUT2D eigenvalue weighted by atomic mass is 10.0. The first-order valence-electron chi connectivity index (χ1n) is 8.66. The van der Waals surface area contributed by atoms with Crippen molar-refractivity contribution in [3.63, 3.8) is 0 Å². The molecule has 0 bridgehead atoms. The maximum Gasteiger partial charge on any atom is 0.340 e. The highest BCUT2D eigenvalue weighted by atomic mass is 79.9. The first kappa shape index (κ1) is 19.1. The van der Waals surface area contributed by atoms with Crippen LogP contribution in [0.15, 0.2) is 69.8 Å². The van der Waals surface area contributed by atoms with Crippen molar-refractivity contribution in [3.05, 3.63) is 81.0 Å². The van der Waals surface area contributed by atoms with Crippen molar-refractivity contribution < 1.29 is 14.3 Å². The Morgan fingerprint density at radius 3 is 2.48 bits per heavy atom. The zero-order chi connectivity index (χ0) is 19.6. The molecule has 0 unspecified atom stereocenters. The highest BCUT2D eigenvalue weighted by molar-refractivity contribution is 9.10. The van der Waals surface area contributed by atoms with Crippen molar-refractivity contribution in [2.75, 3.05) is 12.0 Å². The second-order valence-corrected chi connectivity index (χ2v) is 7.14. The monoisotopic (exact) mass is 425 g/mol. The molecular formula is C22H20BrNO3. The first-order chi connectivity index (χ1) is 13.0. The number of nitrogens with zero attached hydrogens (tertiary/aromatic N) is 1. The number of hydrogen-bond donors (Lipinski definition) is 0. The standard InChI is InChI=1S/C22H20BrNO3/c1-4-15-8-10-16(11-9-15)12-19-20(22(26)27-3)14(2)24(21(19)25)18-7-5-6-17(23)13-18/h5-13H,4H2,1-3H3/b19-12-. The molecule has 1 heterocycles. The molecule has 1 aliphatic rings. The Hall–Kier alpha value is -2.66. The molecule has 5 heteroatoms. The van der Waals surface area contributed by atoms with Gasteiger partial charge in [-0.1, -0.05) is 53.2 Å². The van der Waals surface area contributed by atoms with Crippen molar-refractivity contribution in [1.82, 2.24) is 0 Å². The van der Waals surface area contributed by atoms with Crippen molar-refractivity contribution in [1.29, 1.82) is 0 Å². The molecule has 138 valence electrons. The molecule has 2 aromatic carbocycles. The lowest BCUT2D eigenvalue weighted by molar-refractivity contribution is -0.136. The fourth-order valence-electron chi connectivity index (χ4n) is 3.12. The Kier molecular flexibility index (Phi) is 5.61. The van der Waals surface area contributed by atoms with Gasteiger partial charge in [0.2, 0.25) is 0 Å². The molecule has 0 fully saturated rings. The molecule has 27 heavy (non-hydrogen) atoms.